The van der Waals surface area contributed by atoms with E-state index in [1.165, 1.54) is 0 Å². The molecule has 1 amide bonds. The summed E-state index contributed by atoms with van der Waals surface area (Å²) >= 11 is 6.07. The van der Waals surface area contributed by atoms with Crippen LogP contribution < -0.4 is 15.5 Å². The third-order valence-electron chi connectivity index (χ3n) is 4.31. The quantitative estimate of drug-likeness (QED) is 0.635. The van der Waals surface area contributed by atoms with Crippen molar-refractivity contribution in [1.29, 1.82) is 0 Å². The Morgan fingerprint density at radius 2 is 2.04 bits per heavy atom. The minimum absolute atomic E-state index is 0.0382. The number of hydrogen-bond acceptors (Lipinski definition) is 3. The Bertz CT molecular complexity index is 609. The van der Waals surface area contributed by atoms with Crippen molar-refractivity contribution in [1.82, 2.24) is 15.5 Å². The summed E-state index contributed by atoms with van der Waals surface area (Å²) in [4.78, 5) is 20.6. The van der Waals surface area contributed by atoms with Crippen molar-refractivity contribution in [3.8, 4) is 0 Å². The van der Waals surface area contributed by atoms with Crippen molar-refractivity contribution in [2.24, 2.45) is 4.99 Å². The molecule has 7 heteroatoms. The molecule has 1 aromatic carbocycles. The Morgan fingerprint density at radius 1 is 1.29 bits per heavy atom. The molecule has 130 valence electrons. The van der Waals surface area contributed by atoms with Crippen molar-refractivity contribution in [2.45, 2.75) is 18.9 Å². The molecule has 2 N–H and O–H groups in total. The maximum absolute atomic E-state index is 11.8. The molecule has 24 heavy (non-hydrogen) atoms. The highest BCUT2D eigenvalue weighted by molar-refractivity contribution is 6.30. The first kappa shape index (κ1) is 16.9. The van der Waals surface area contributed by atoms with Crippen LogP contribution in [0, 0.1) is 0 Å². The lowest BCUT2D eigenvalue weighted by molar-refractivity contribution is -0.120. The Hall–Kier alpha value is -1.95. The monoisotopic (exact) mass is 349 g/mol. The Morgan fingerprint density at radius 3 is 2.67 bits per heavy atom. The molecule has 3 rings (SSSR count). The van der Waals surface area contributed by atoms with Gasteiger partial charge >= 0.3 is 0 Å². The van der Waals surface area contributed by atoms with Gasteiger partial charge in [-0.05, 0) is 31.0 Å². The van der Waals surface area contributed by atoms with E-state index in [9.17, 15) is 4.79 Å². The second kappa shape index (κ2) is 7.75. The second-order valence-corrected chi connectivity index (χ2v) is 6.63. The molecule has 2 aliphatic rings. The highest BCUT2D eigenvalue weighted by atomic mass is 35.5. The molecule has 1 aliphatic heterocycles. The SMILES string of the molecule is CN=C(NCC(=O)NC1CC1)N1CCN(c2cccc(Cl)c2)CC1. The predicted octanol–water partition coefficient (Wildman–Crippen LogP) is 1.32. The molecule has 2 fully saturated rings. The summed E-state index contributed by atoms with van der Waals surface area (Å²) in [7, 11) is 1.75. The van der Waals surface area contributed by atoms with Gasteiger partial charge in [-0.1, -0.05) is 17.7 Å². The summed E-state index contributed by atoms with van der Waals surface area (Å²) in [6, 6.07) is 8.33. The molecule has 0 atom stereocenters. The molecule has 1 aliphatic carbocycles. The fourth-order valence-corrected chi connectivity index (χ4v) is 3.03. The molecule has 0 radical (unpaired) electrons. The Balaban J connectivity index is 1.48. The number of carbonyl (C=O) groups is 1. The van der Waals surface area contributed by atoms with E-state index in [1.807, 2.05) is 18.2 Å². The second-order valence-electron chi connectivity index (χ2n) is 6.20. The molecule has 1 aromatic rings. The van der Waals surface area contributed by atoms with Crippen LogP contribution in [-0.4, -0.2) is 62.6 Å². The normalized spacial score (nSPS) is 18.5. The Labute approximate surface area is 147 Å². The van der Waals surface area contributed by atoms with Crippen LogP contribution in [0.5, 0.6) is 0 Å². The minimum Gasteiger partial charge on any atom is -0.368 e. The maximum atomic E-state index is 11.8. The number of carbonyl (C=O) groups excluding carboxylic acids is 1. The van der Waals surface area contributed by atoms with Crippen LogP contribution in [0.4, 0.5) is 5.69 Å². The number of benzene rings is 1. The van der Waals surface area contributed by atoms with Crippen LogP contribution >= 0.6 is 11.6 Å². The van der Waals surface area contributed by atoms with E-state index < -0.39 is 0 Å². The van der Waals surface area contributed by atoms with Crippen LogP contribution in [0.1, 0.15) is 12.8 Å². The van der Waals surface area contributed by atoms with Gasteiger partial charge in [0, 0.05) is 50.0 Å². The largest absolute Gasteiger partial charge is 0.368 e. The highest BCUT2D eigenvalue weighted by Crippen LogP contribution is 2.21. The third kappa shape index (κ3) is 4.54. The van der Waals surface area contributed by atoms with Gasteiger partial charge in [0.2, 0.25) is 5.91 Å². The van der Waals surface area contributed by atoms with Crippen molar-refractivity contribution >= 4 is 29.2 Å². The maximum Gasteiger partial charge on any atom is 0.239 e. The molecule has 0 spiro atoms. The van der Waals surface area contributed by atoms with E-state index in [2.05, 4.69) is 31.5 Å². The van der Waals surface area contributed by atoms with E-state index in [-0.39, 0.29) is 12.5 Å². The number of rotatable bonds is 4. The van der Waals surface area contributed by atoms with E-state index in [0.717, 1.165) is 55.7 Å². The van der Waals surface area contributed by atoms with E-state index in [4.69, 9.17) is 11.6 Å². The lowest BCUT2D eigenvalue weighted by Crippen LogP contribution is -2.53. The number of nitrogens with zero attached hydrogens (tertiary/aromatic N) is 3. The first-order valence-corrected chi connectivity index (χ1v) is 8.79. The summed E-state index contributed by atoms with van der Waals surface area (Å²) in [5.41, 5.74) is 1.15. The van der Waals surface area contributed by atoms with E-state index in [1.54, 1.807) is 7.05 Å². The predicted molar refractivity (Wildman–Crippen MR) is 97.8 cm³/mol. The summed E-state index contributed by atoms with van der Waals surface area (Å²) in [5.74, 6) is 0.822. The Kier molecular flexibility index (Phi) is 5.45. The molecule has 6 nitrogen and oxygen atoms in total. The summed E-state index contributed by atoms with van der Waals surface area (Å²) in [6.45, 7) is 3.79. The zero-order valence-electron chi connectivity index (χ0n) is 14.0. The molecule has 0 unspecified atom stereocenters. The molecule has 1 saturated carbocycles. The lowest BCUT2D eigenvalue weighted by atomic mass is 10.2. The van der Waals surface area contributed by atoms with Crippen LogP contribution in [0.25, 0.3) is 0 Å². The average molecular weight is 350 g/mol. The van der Waals surface area contributed by atoms with E-state index >= 15 is 0 Å². The number of hydrogen-bond donors (Lipinski definition) is 2. The molecule has 0 aromatic heterocycles. The number of aliphatic imine (C=N–C) groups is 1. The highest BCUT2D eigenvalue weighted by Gasteiger charge is 2.24. The number of nitrogens with one attached hydrogen (secondary N) is 2. The van der Waals surface area contributed by atoms with Crippen LogP contribution in [0.15, 0.2) is 29.3 Å². The van der Waals surface area contributed by atoms with Crippen LogP contribution in [0.2, 0.25) is 5.02 Å². The average Bonchev–Trinajstić information content (AvgIpc) is 3.40. The van der Waals surface area contributed by atoms with Gasteiger partial charge in [-0.3, -0.25) is 9.79 Å². The van der Waals surface area contributed by atoms with Gasteiger partial charge in [0.05, 0.1) is 6.54 Å². The van der Waals surface area contributed by atoms with Gasteiger partial charge in [0.15, 0.2) is 5.96 Å². The van der Waals surface area contributed by atoms with E-state index in [0.29, 0.717) is 6.04 Å². The number of amides is 1. The van der Waals surface area contributed by atoms with Gasteiger partial charge in [0.1, 0.15) is 0 Å². The number of halogens is 1. The number of guanidine groups is 1. The number of piperazine rings is 1. The summed E-state index contributed by atoms with van der Waals surface area (Å²) in [5, 5.41) is 6.89. The van der Waals surface area contributed by atoms with Crippen LogP contribution in [-0.2, 0) is 4.79 Å². The zero-order chi connectivity index (χ0) is 16.9. The molecular formula is C17H24ClN5O. The molecule has 0 bridgehead atoms. The van der Waals surface area contributed by atoms with Gasteiger partial charge in [-0.25, -0.2) is 0 Å². The minimum atomic E-state index is 0.0382. The fraction of sp³-hybridized carbons (Fsp3) is 0.529. The first-order chi connectivity index (χ1) is 11.7. The first-order valence-electron chi connectivity index (χ1n) is 8.41. The molecule has 1 heterocycles. The zero-order valence-corrected chi connectivity index (χ0v) is 14.7. The molecular weight excluding hydrogens is 326 g/mol. The van der Waals surface area contributed by atoms with Crippen LogP contribution in [0.3, 0.4) is 0 Å². The topological polar surface area (TPSA) is 60.0 Å². The lowest BCUT2D eigenvalue weighted by Gasteiger charge is -2.37. The van der Waals surface area contributed by atoms with Gasteiger partial charge in [-0.2, -0.15) is 0 Å². The standard InChI is InChI=1S/C17H24ClN5O/c1-19-17(20-12-16(24)21-14-5-6-14)23-9-7-22(8-10-23)15-4-2-3-13(18)11-15/h2-4,11,14H,5-10,12H2,1H3,(H,19,20)(H,21,24). The van der Waals surface area contributed by atoms with Gasteiger partial charge < -0.3 is 20.4 Å². The summed E-state index contributed by atoms with van der Waals surface area (Å²) < 4.78 is 0. The van der Waals surface area contributed by atoms with Gasteiger partial charge in [0.25, 0.3) is 0 Å². The summed E-state index contributed by atoms with van der Waals surface area (Å²) in [6.07, 6.45) is 2.21. The fourth-order valence-electron chi connectivity index (χ4n) is 2.85. The van der Waals surface area contributed by atoms with Crippen molar-refractivity contribution < 1.29 is 4.79 Å². The smallest absolute Gasteiger partial charge is 0.239 e. The van der Waals surface area contributed by atoms with Crippen molar-refractivity contribution in [2.75, 3.05) is 44.7 Å². The number of anilines is 1. The third-order valence-corrected chi connectivity index (χ3v) is 4.55. The van der Waals surface area contributed by atoms with Gasteiger partial charge in [-0.15, -0.1) is 0 Å². The van der Waals surface area contributed by atoms with Crippen molar-refractivity contribution in [3.05, 3.63) is 29.3 Å². The molecule has 1 saturated heterocycles. The van der Waals surface area contributed by atoms with Crippen molar-refractivity contribution in [3.63, 3.8) is 0 Å².